The molecule has 1 aliphatic heterocycles. The third-order valence-corrected chi connectivity index (χ3v) is 4.42. The van der Waals surface area contributed by atoms with Crippen molar-refractivity contribution in [1.29, 1.82) is 0 Å². The molecule has 0 aromatic carbocycles. The highest BCUT2D eigenvalue weighted by Crippen LogP contribution is 2.42. The van der Waals surface area contributed by atoms with E-state index >= 15 is 0 Å². The summed E-state index contributed by atoms with van der Waals surface area (Å²) in [4.78, 5) is 13.0. The molecule has 0 unspecified atom stereocenters. The van der Waals surface area contributed by atoms with Crippen molar-refractivity contribution in [3.63, 3.8) is 0 Å². The number of aliphatic hydroxyl groups is 1. The monoisotopic (exact) mass is 276 g/mol. The summed E-state index contributed by atoms with van der Waals surface area (Å²) in [5.41, 5.74) is 1.89. The average molecular weight is 276 g/mol. The number of hydrogen-bond acceptors (Lipinski definition) is 6. The molecular weight excluding hydrogens is 255 g/mol. The number of fused-ring (bicyclic) bond motifs is 1. The van der Waals surface area contributed by atoms with E-state index in [2.05, 4.69) is 26.6 Å². The van der Waals surface area contributed by atoms with Crippen molar-refractivity contribution < 1.29 is 10.1 Å². The van der Waals surface area contributed by atoms with Crippen molar-refractivity contribution in [3.05, 3.63) is 17.6 Å². The summed E-state index contributed by atoms with van der Waals surface area (Å²) in [6.45, 7) is 7.26. The average Bonchev–Trinajstić information content (AvgIpc) is 2.74. The fourth-order valence-electron chi connectivity index (χ4n) is 3.26. The van der Waals surface area contributed by atoms with Gasteiger partial charge in [0.15, 0.2) is 0 Å². The molecule has 2 heterocycles. The second kappa shape index (κ2) is 5.31. The molecule has 2 N–H and O–H groups in total. The molecule has 2 aliphatic rings. The Kier molecular flexibility index (Phi) is 3.66. The third-order valence-electron chi connectivity index (χ3n) is 4.42. The van der Waals surface area contributed by atoms with E-state index in [0.29, 0.717) is 5.92 Å². The van der Waals surface area contributed by atoms with E-state index in [1.807, 2.05) is 0 Å². The highest BCUT2D eigenvalue weighted by Gasteiger charge is 2.34. The first-order chi connectivity index (χ1) is 9.58. The summed E-state index contributed by atoms with van der Waals surface area (Å²) in [6.07, 6.45) is 1.83. The minimum atomic E-state index is -0.458. The first-order valence-electron chi connectivity index (χ1n) is 7.28. The van der Waals surface area contributed by atoms with E-state index in [9.17, 15) is 10.1 Å². The first-order valence-corrected chi connectivity index (χ1v) is 7.28. The Hall–Kier alpha value is -1.18. The van der Waals surface area contributed by atoms with Crippen molar-refractivity contribution >= 4 is 12.9 Å². The van der Waals surface area contributed by atoms with Crippen LogP contribution in [0.2, 0.25) is 6.82 Å². The van der Waals surface area contributed by atoms with Crippen LogP contribution in [0.4, 0.5) is 5.82 Å². The number of anilines is 1. The Balaban J connectivity index is 1.83. The largest absolute Gasteiger partial charge is 0.437 e. The maximum atomic E-state index is 10.0. The van der Waals surface area contributed by atoms with Gasteiger partial charge in [-0.3, -0.25) is 0 Å². The molecule has 108 valence electrons. The predicted octanol–water partition coefficient (Wildman–Crippen LogP) is 0.249. The fraction of sp³-hybridized carbons (Fsp3) is 0.692. The topological polar surface area (TPSA) is 72.7 Å². The lowest BCUT2D eigenvalue weighted by Gasteiger charge is -2.36. The zero-order chi connectivity index (χ0) is 14.3. The van der Waals surface area contributed by atoms with Gasteiger partial charge in [-0.1, -0.05) is 6.92 Å². The normalized spacial score (nSPS) is 26.7. The Morgan fingerprint density at radius 3 is 2.60 bits per heavy atom. The lowest BCUT2D eigenvalue weighted by Crippen LogP contribution is -2.52. The van der Waals surface area contributed by atoms with E-state index < -0.39 is 13.2 Å². The molecule has 1 aliphatic carbocycles. The maximum absolute atomic E-state index is 10.0. The van der Waals surface area contributed by atoms with Crippen LogP contribution in [0.3, 0.4) is 0 Å². The molecule has 1 aromatic heterocycles. The second-order valence-corrected chi connectivity index (χ2v) is 5.80. The number of hydrogen-bond donors (Lipinski definition) is 2. The molecule has 1 aromatic rings. The van der Waals surface area contributed by atoms with Gasteiger partial charge in [0.2, 0.25) is 0 Å². The minimum Gasteiger partial charge on any atom is -0.437 e. The van der Waals surface area contributed by atoms with Crippen LogP contribution >= 0.6 is 0 Å². The van der Waals surface area contributed by atoms with Crippen LogP contribution in [0.25, 0.3) is 0 Å². The molecule has 1 saturated heterocycles. The van der Waals surface area contributed by atoms with Gasteiger partial charge < -0.3 is 19.8 Å². The van der Waals surface area contributed by atoms with Crippen LogP contribution < -0.4 is 4.90 Å². The smallest absolute Gasteiger partial charge is 0.376 e. The van der Waals surface area contributed by atoms with Crippen LogP contribution in [0.5, 0.6) is 0 Å². The molecule has 20 heavy (non-hydrogen) atoms. The molecular formula is C13H21BN4O2. The molecule has 1 fully saturated rings. The molecule has 6 nitrogen and oxygen atoms in total. The van der Waals surface area contributed by atoms with Crippen LogP contribution in [0, 0.1) is 0 Å². The first kappa shape index (κ1) is 13.8. The van der Waals surface area contributed by atoms with Crippen LogP contribution in [0.15, 0.2) is 6.33 Å². The summed E-state index contributed by atoms with van der Waals surface area (Å²) in [7, 11) is -0.394. The van der Waals surface area contributed by atoms with Crippen molar-refractivity contribution in [2.24, 2.45) is 0 Å². The van der Waals surface area contributed by atoms with Gasteiger partial charge in [-0.2, -0.15) is 0 Å². The summed E-state index contributed by atoms with van der Waals surface area (Å²) in [5, 5.41) is 19.7. The van der Waals surface area contributed by atoms with Crippen molar-refractivity contribution in [2.75, 3.05) is 31.1 Å². The van der Waals surface area contributed by atoms with Gasteiger partial charge >= 0.3 is 7.05 Å². The van der Waals surface area contributed by atoms with E-state index in [-0.39, 0.29) is 0 Å². The lowest BCUT2D eigenvalue weighted by atomic mass is 9.84. The van der Waals surface area contributed by atoms with Gasteiger partial charge in [-0.25, -0.2) is 9.97 Å². The van der Waals surface area contributed by atoms with Crippen LogP contribution in [-0.2, 0) is 0 Å². The van der Waals surface area contributed by atoms with Gasteiger partial charge in [0.1, 0.15) is 12.1 Å². The predicted molar refractivity (Wildman–Crippen MR) is 77.6 cm³/mol. The Morgan fingerprint density at radius 2 is 1.95 bits per heavy atom. The summed E-state index contributed by atoms with van der Waals surface area (Å²) < 4.78 is 0. The molecule has 0 spiro atoms. The van der Waals surface area contributed by atoms with Crippen molar-refractivity contribution in [2.45, 2.75) is 32.2 Å². The SMILES string of the molecule is CB(O)N1CCN(c2ncnc3c2[C@H](C)C[C@H]3O)CC1. The van der Waals surface area contributed by atoms with Crippen molar-refractivity contribution in [3.8, 4) is 0 Å². The Bertz CT molecular complexity index is 491. The van der Waals surface area contributed by atoms with Gasteiger partial charge in [0, 0.05) is 31.7 Å². The zero-order valence-corrected chi connectivity index (χ0v) is 12.0. The summed E-state index contributed by atoms with van der Waals surface area (Å²) >= 11 is 0. The Morgan fingerprint density at radius 1 is 1.25 bits per heavy atom. The molecule has 0 saturated carbocycles. The Labute approximate surface area is 119 Å². The number of rotatable bonds is 2. The quantitative estimate of drug-likeness (QED) is 0.754. The minimum absolute atomic E-state index is 0.297. The van der Waals surface area contributed by atoms with Gasteiger partial charge in [0.25, 0.3) is 0 Å². The summed E-state index contributed by atoms with van der Waals surface area (Å²) in [5.74, 6) is 1.26. The van der Waals surface area contributed by atoms with E-state index in [1.165, 1.54) is 0 Å². The number of piperazine rings is 1. The molecule has 0 amide bonds. The van der Waals surface area contributed by atoms with Gasteiger partial charge in [0.05, 0.1) is 11.8 Å². The summed E-state index contributed by atoms with van der Waals surface area (Å²) in [6, 6.07) is 0. The van der Waals surface area contributed by atoms with Gasteiger partial charge in [-0.05, 0) is 19.2 Å². The molecule has 7 heteroatoms. The highest BCUT2D eigenvalue weighted by atomic mass is 16.3. The van der Waals surface area contributed by atoms with Gasteiger partial charge in [-0.15, -0.1) is 0 Å². The number of aliphatic hydroxyl groups excluding tert-OH is 1. The molecule has 0 radical (unpaired) electrons. The fourth-order valence-corrected chi connectivity index (χ4v) is 3.26. The second-order valence-electron chi connectivity index (χ2n) is 5.80. The van der Waals surface area contributed by atoms with E-state index in [4.69, 9.17) is 0 Å². The van der Waals surface area contributed by atoms with E-state index in [0.717, 1.165) is 49.7 Å². The molecule has 2 atom stereocenters. The zero-order valence-electron chi connectivity index (χ0n) is 12.0. The molecule has 0 bridgehead atoms. The van der Waals surface area contributed by atoms with Crippen molar-refractivity contribution in [1.82, 2.24) is 14.8 Å². The lowest BCUT2D eigenvalue weighted by molar-refractivity contribution is 0.170. The number of nitrogens with zero attached hydrogens (tertiary/aromatic N) is 4. The standard InChI is InChI=1S/C13H21BN4O2/c1-9-7-10(19)12-11(9)13(16-8-15-12)17-3-5-18(6-4-17)14(2)20/h8-10,19-20H,3-7H2,1-2H3/t9-,10-/m1/s1. The maximum Gasteiger partial charge on any atom is 0.376 e. The molecule has 3 rings (SSSR count). The van der Waals surface area contributed by atoms with Crippen LogP contribution in [0.1, 0.15) is 36.6 Å². The van der Waals surface area contributed by atoms with E-state index in [1.54, 1.807) is 13.2 Å². The van der Waals surface area contributed by atoms with Crippen LogP contribution in [-0.4, -0.2) is 58.1 Å². The third kappa shape index (κ3) is 2.30. The number of aromatic nitrogens is 2. The highest BCUT2D eigenvalue weighted by molar-refractivity contribution is 6.45.